The Hall–Kier alpha value is -1.75. The first-order valence-electron chi connectivity index (χ1n) is 6.66. The second kappa shape index (κ2) is 6.80. The Labute approximate surface area is 123 Å². The predicted molar refractivity (Wildman–Crippen MR) is 77.5 cm³/mol. The molecule has 3 nitrogen and oxygen atoms in total. The third-order valence-corrected chi connectivity index (χ3v) is 3.30. The van der Waals surface area contributed by atoms with Crippen LogP contribution in [0.5, 0.6) is 0 Å². The number of hydrogen-bond acceptors (Lipinski definition) is 2. The Morgan fingerprint density at radius 2 is 1.95 bits per heavy atom. The van der Waals surface area contributed by atoms with Gasteiger partial charge < -0.3 is 10.0 Å². The zero-order chi connectivity index (χ0) is 16.2. The first kappa shape index (κ1) is 17.3. The zero-order valence-corrected chi connectivity index (χ0v) is 12.7. The molecule has 21 heavy (non-hydrogen) atoms. The summed E-state index contributed by atoms with van der Waals surface area (Å²) in [5, 5.41) is 10.3. The van der Waals surface area contributed by atoms with Gasteiger partial charge in [-0.25, -0.2) is 8.78 Å². The summed E-state index contributed by atoms with van der Waals surface area (Å²) in [4.78, 5) is 12.9. The summed E-state index contributed by atoms with van der Waals surface area (Å²) >= 11 is 0. The second-order valence-electron chi connectivity index (χ2n) is 5.79. The molecule has 0 bridgehead atoms. The van der Waals surface area contributed by atoms with E-state index in [1.54, 1.807) is 40.1 Å². The van der Waals surface area contributed by atoms with E-state index in [-0.39, 0.29) is 12.3 Å². The van der Waals surface area contributed by atoms with Crippen molar-refractivity contribution in [1.29, 1.82) is 0 Å². The van der Waals surface area contributed by atoms with Crippen LogP contribution in [-0.2, 0) is 4.79 Å². The summed E-state index contributed by atoms with van der Waals surface area (Å²) in [6.07, 6.45) is 2.60. The second-order valence-corrected chi connectivity index (χ2v) is 5.79. The lowest BCUT2D eigenvalue weighted by Gasteiger charge is -2.27. The number of amides is 1. The van der Waals surface area contributed by atoms with Crippen molar-refractivity contribution >= 4 is 5.91 Å². The lowest BCUT2D eigenvalue weighted by molar-refractivity contribution is -0.127. The Morgan fingerprint density at radius 3 is 2.48 bits per heavy atom. The number of carbonyl (C=O) groups excluding carboxylic acids is 1. The average Bonchev–Trinajstić information content (AvgIpc) is 2.40. The molecule has 0 saturated heterocycles. The van der Waals surface area contributed by atoms with E-state index in [1.165, 1.54) is 11.0 Å². The predicted octanol–water partition coefficient (Wildman–Crippen LogP) is 3.06. The first-order valence-corrected chi connectivity index (χ1v) is 6.66. The molecule has 0 aliphatic rings. The van der Waals surface area contributed by atoms with Crippen molar-refractivity contribution in [3.05, 3.63) is 47.5 Å². The maximum absolute atomic E-state index is 13.2. The highest BCUT2D eigenvalue weighted by atomic mass is 19.2. The van der Waals surface area contributed by atoms with Crippen molar-refractivity contribution in [2.45, 2.75) is 26.4 Å². The standard InChI is InChI=1S/C16H21F2NO2/c1-16(2,9-5-6-14(20)19(3)4)15(21)11-7-8-12(17)13(18)10-11/h5,7-10,15,21H,6H2,1-4H3/b9-5+/t15-/m1/s1. The fraction of sp³-hybridized carbons (Fsp3) is 0.438. The van der Waals surface area contributed by atoms with Crippen LogP contribution in [-0.4, -0.2) is 30.0 Å². The van der Waals surface area contributed by atoms with Gasteiger partial charge in [0.25, 0.3) is 0 Å². The van der Waals surface area contributed by atoms with Crippen LogP contribution in [0.15, 0.2) is 30.4 Å². The highest BCUT2D eigenvalue weighted by molar-refractivity contribution is 5.77. The molecule has 1 aromatic rings. The van der Waals surface area contributed by atoms with Crippen LogP contribution in [0.3, 0.4) is 0 Å². The third kappa shape index (κ3) is 4.63. The van der Waals surface area contributed by atoms with Gasteiger partial charge in [-0.1, -0.05) is 32.1 Å². The van der Waals surface area contributed by atoms with Crippen LogP contribution in [0.2, 0.25) is 0 Å². The molecule has 116 valence electrons. The van der Waals surface area contributed by atoms with E-state index in [0.717, 1.165) is 12.1 Å². The van der Waals surface area contributed by atoms with Gasteiger partial charge in [0.05, 0.1) is 6.10 Å². The van der Waals surface area contributed by atoms with Crippen molar-refractivity contribution in [3.8, 4) is 0 Å². The lowest BCUT2D eigenvalue weighted by Crippen LogP contribution is -2.22. The summed E-state index contributed by atoms with van der Waals surface area (Å²) in [6.45, 7) is 3.52. The monoisotopic (exact) mass is 297 g/mol. The van der Waals surface area contributed by atoms with Crippen molar-refractivity contribution in [3.63, 3.8) is 0 Å². The molecule has 1 aromatic carbocycles. The van der Waals surface area contributed by atoms with E-state index in [9.17, 15) is 18.7 Å². The van der Waals surface area contributed by atoms with Gasteiger partial charge in [-0.2, -0.15) is 0 Å². The molecule has 1 atom stereocenters. The number of aliphatic hydroxyl groups excluding tert-OH is 1. The van der Waals surface area contributed by atoms with Crippen molar-refractivity contribution in [2.24, 2.45) is 5.41 Å². The highest BCUT2D eigenvalue weighted by Crippen LogP contribution is 2.35. The maximum Gasteiger partial charge on any atom is 0.225 e. The minimum atomic E-state index is -1.00. The Bertz CT molecular complexity index is 539. The van der Waals surface area contributed by atoms with Crippen LogP contribution in [0, 0.1) is 17.0 Å². The number of hydrogen-bond donors (Lipinski definition) is 1. The lowest BCUT2D eigenvalue weighted by atomic mass is 9.82. The quantitative estimate of drug-likeness (QED) is 0.849. The molecule has 0 fully saturated rings. The van der Waals surface area contributed by atoms with E-state index >= 15 is 0 Å². The molecule has 0 aliphatic carbocycles. The third-order valence-electron chi connectivity index (χ3n) is 3.30. The molecular weight excluding hydrogens is 276 g/mol. The smallest absolute Gasteiger partial charge is 0.225 e. The number of carbonyl (C=O) groups is 1. The number of aliphatic hydroxyl groups is 1. The molecule has 1 amide bonds. The van der Waals surface area contributed by atoms with Crippen molar-refractivity contribution < 1.29 is 18.7 Å². The molecular formula is C16H21F2NO2. The van der Waals surface area contributed by atoms with Gasteiger partial charge in [0.15, 0.2) is 11.6 Å². The zero-order valence-electron chi connectivity index (χ0n) is 12.7. The van der Waals surface area contributed by atoms with Gasteiger partial charge >= 0.3 is 0 Å². The molecule has 0 heterocycles. The van der Waals surface area contributed by atoms with Gasteiger partial charge in [-0.05, 0) is 17.7 Å². The molecule has 1 N–H and O–H groups in total. The van der Waals surface area contributed by atoms with E-state index in [1.807, 2.05) is 0 Å². The first-order chi connectivity index (χ1) is 9.65. The Balaban J connectivity index is 2.83. The summed E-state index contributed by atoms with van der Waals surface area (Å²) in [7, 11) is 3.33. The van der Waals surface area contributed by atoms with Crippen LogP contribution in [0.1, 0.15) is 31.9 Å². The van der Waals surface area contributed by atoms with Crippen molar-refractivity contribution in [1.82, 2.24) is 4.90 Å². The molecule has 0 aromatic heterocycles. The van der Waals surface area contributed by atoms with Gasteiger partial charge in [0.2, 0.25) is 5.91 Å². The van der Waals surface area contributed by atoms with Crippen LogP contribution in [0.25, 0.3) is 0 Å². The molecule has 5 heteroatoms. The Morgan fingerprint density at radius 1 is 1.33 bits per heavy atom. The fourth-order valence-corrected chi connectivity index (χ4v) is 1.85. The van der Waals surface area contributed by atoms with Crippen LogP contribution in [0.4, 0.5) is 8.78 Å². The number of nitrogens with zero attached hydrogens (tertiary/aromatic N) is 1. The number of benzene rings is 1. The minimum Gasteiger partial charge on any atom is -0.388 e. The van der Waals surface area contributed by atoms with Gasteiger partial charge in [-0.15, -0.1) is 0 Å². The maximum atomic E-state index is 13.2. The van der Waals surface area contributed by atoms with Gasteiger partial charge in [-0.3, -0.25) is 4.79 Å². The average molecular weight is 297 g/mol. The number of halogens is 2. The summed E-state index contributed by atoms with van der Waals surface area (Å²) in [6, 6.07) is 3.33. The summed E-state index contributed by atoms with van der Waals surface area (Å²) in [5.74, 6) is -1.99. The van der Waals surface area contributed by atoms with Gasteiger partial charge in [0.1, 0.15) is 0 Å². The topological polar surface area (TPSA) is 40.5 Å². The van der Waals surface area contributed by atoms with Gasteiger partial charge in [0, 0.05) is 25.9 Å². The summed E-state index contributed by atoms with van der Waals surface area (Å²) < 4.78 is 26.1. The van der Waals surface area contributed by atoms with E-state index in [4.69, 9.17) is 0 Å². The molecule has 0 radical (unpaired) electrons. The molecule has 0 unspecified atom stereocenters. The summed E-state index contributed by atoms with van der Waals surface area (Å²) in [5.41, 5.74) is -0.417. The van der Waals surface area contributed by atoms with Crippen molar-refractivity contribution in [2.75, 3.05) is 14.1 Å². The van der Waals surface area contributed by atoms with E-state index < -0.39 is 23.2 Å². The normalized spacial score (nSPS) is 13.5. The molecule has 0 saturated carbocycles. The number of rotatable bonds is 5. The minimum absolute atomic E-state index is 0.0515. The SMILES string of the molecule is CN(C)C(=O)C/C=C/C(C)(C)[C@H](O)c1ccc(F)c(F)c1. The van der Waals surface area contributed by atoms with E-state index in [2.05, 4.69) is 0 Å². The van der Waals surface area contributed by atoms with E-state index in [0.29, 0.717) is 5.56 Å². The van der Waals surface area contributed by atoms with Crippen LogP contribution >= 0.6 is 0 Å². The highest BCUT2D eigenvalue weighted by Gasteiger charge is 2.27. The van der Waals surface area contributed by atoms with Crippen LogP contribution < -0.4 is 0 Å². The molecule has 1 rings (SSSR count). The fourth-order valence-electron chi connectivity index (χ4n) is 1.85. The molecule has 0 aliphatic heterocycles. The molecule has 0 spiro atoms. The Kier molecular flexibility index (Phi) is 5.61. The largest absolute Gasteiger partial charge is 0.388 e.